The molecule has 0 spiro atoms. The zero-order valence-corrected chi connectivity index (χ0v) is 14.8. The van der Waals surface area contributed by atoms with Gasteiger partial charge in [0.05, 0.1) is 0 Å². The number of benzene rings is 2. The number of fused-ring (bicyclic) bond motifs is 1. The molecule has 2 aliphatic rings. The Morgan fingerprint density at radius 1 is 1.08 bits per heavy atom. The highest BCUT2D eigenvalue weighted by Crippen LogP contribution is 2.50. The Morgan fingerprint density at radius 2 is 1.84 bits per heavy atom. The monoisotopic (exact) mass is 339 g/mol. The van der Waals surface area contributed by atoms with Crippen LogP contribution in [0.4, 0.5) is 5.69 Å². The van der Waals surface area contributed by atoms with E-state index in [9.17, 15) is 5.11 Å². The fourth-order valence-electron chi connectivity index (χ4n) is 3.74. The van der Waals surface area contributed by atoms with Crippen LogP contribution in [-0.4, -0.2) is 24.7 Å². The highest BCUT2D eigenvalue weighted by Gasteiger charge is 2.34. The van der Waals surface area contributed by atoms with E-state index >= 15 is 0 Å². The summed E-state index contributed by atoms with van der Waals surface area (Å²) in [5.74, 6) is 2.44. The van der Waals surface area contributed by atoms with Gasteiger partial charge in [0.1, 0.15) is 11.5 Å². The second kappa shape index (κ2) is 6.70. The number of ether oxygens (including phenoxy) is 2. The van der Waals surface area contributed by atoms with Crippen molar-refractivity contribution < 1.29 is 14.6 Å². The number of hydrogen-bond acceptors (Lipinski definition) is 4. The highest BCUT2D eigenvalue weighted by molar-refractivity contribution is 5.66. The lowest BCUT2D eigenvalue weighted by Gasteiger charge is -2.40. The number of methoxy groups -OCH3 is 1. The van der Waals surface area contributed by atoms with E-state index in [4.69, 9.17) is 9.47 Å². The first-order valence-corrected chi connectivity index (χ1v) is 9.07. The molecular weight excluding hydrogens is 314 g/mol. The molecular formula is C21H25NO3. The van der Waals surface area contributed by atoms with Crippen molar-refractivity contribution in [2.75, 3.05) is 12.0 Å². The summed E-state index contributed by atoms with van der Waals surface area (Å²) < 4.78 is 11.6. The van der Waals surface area contributed by atoms with Gasteiger partial charge in [0.2, 0.25) is 6.41 Å². The minimum atomic E-state index is -0.939. The number of rotatable bonds is 5. The summed E-state index contributed by atoms with van der Waals surface area (Å²) in [5.41, 5.74) is 3.50. The van der Waals surface area contributed by atoms with Crippen molar-refractivity contribution in [3.8, 4) is 11.5 Å². The first kappa shape index (κ1) is 16.4. The second-order valence-corrected chi connectivity index (χ2v) is 7.03. The Balaban J connectivity index is 1.79. The van der Waals surface area contributed by atoms with E-state index in [0.29, 0.717) is 5.92 Å². The number of aliphatic hydroxyl groups is 1. The maximum Gasteiger partial charge on any atom is 0.237 e. The van der Waals surface area contributed by atoms with E-state index < -0.39 is 6.41 Å². The van der Waals surface area contributed by atoms with Gasteiger partial charge in [-0.15, -0.1) is 0 Å². The average molecular weight is 339 g/mol. The summed E-state index contributed by atoms with van der Waals surface area (Å²) in [6.07, 6.45) is 3.43. The summed E-state index contributed by atoms with van der Waals surface area (Å²) in [7, 11) is 1.53. The average Bonchev–Trinajstić information content (AvgIpc) is 3.47. The summed E-state index contributed by atoms with van der Waals surface area (Å²) in [5, 5.41) is 10.3. The van der Waals surface area contributed by atoms with Crippen molar-refractivity contribution in [1.29, 1.82) is 0 Å². The SMILES string of the molecule is COC(O)N1c2ccc(C3CC3)c(Oc3ccccc3)c2CC[C@@H]1C. The van der Waals surface area contributed by atoms with E-state index in [1.165, 1.54) is 31.1 Å². The second-order valence-electron chi connectivity index (χ2n) is 7.03. The van der Waals surface area contributed by atoms with Crippen LogP contribution in [0.25, 0.3) is 0 Å². The van der Waals surface area contributed by atoms with E-state index in [1.807, 2.05) is 35.2 Å². The predicted octanol–water partition coefficient (Wildman–Crippen LogP) is 4.42. The molecule has 0 saturated heterocycles. The summed E-state index contributed by atoms with van der Waals surface area (Å²) in [4.78, 5) is 1.95. The zero-order chi connectivity index (χ0) is 17.4. The van der Waals surface area contributed by atoms with Gasteiger partial charge < -0.3 is 19.5 Å². The molecule has 2 aromatic carbocycles. The standard InChI is InChI=1S/C21H25NO3/c1-14-8-11-18-19(22(14)21(23)24-2)13-12-17(15-9-10-15)20(18)25-16-6-4-3-5-7-16/h3-7,12-15,21,23H,8-11H2,1-2H3/t14-,21?/m0/s1. The first-order chi connectivity index (χ1) is 12.2. The molecule has 1 N–H and O–H groups in total. The lowest BCUT2D eigenvalue weighted by atomic mass is 9.92. The van der Waals surface area contributed by atoms with Crippen molar-refractivity contribution >= 4 is 5.69 Å². The molecule has 0 amide bonds. The fourth-order valence-corrected chi connectivity index (χ4v) is 3.74. The number of aliphatic hydroxyl groups excluding tert-OH is 1. The van der Waals surface area contributed by atoms with Crippen molar-refractivity contribution in [2.45, 2.75) is 51.0 Å². The van der Waals surface area contributed by atoms with Crippen LogP contribution in [0.1, 0.15) is 43.2 Å². The quantitative estimate of drug-likeness (QED) is 0.819. The molecule has 4 rings (SSSR count). The van der Waals surface area contributed by atoms with Crippen LogP contribution in [0.3, 0.4) is 0 Å². The number of nitrogens with zero attached hydrogens (tertiary/aromatic N) is 1. The molecule has 132 valence electrons. The Hall–Kier alpha value is -2.04. The summed E-state index contributed by atoms with van der Waals surface area (Å²) >= 11 is 0. The van der Waals surface area contributed by atoms with Crippen molar-refractivity contribution in [3.05, 3.63) is 53.6 Å². The molecule has 1 aliphatic carbocycles. The molecule has 2 aromatic rings. The lowest BCUT2D eigenvalue weighted by molar-refractivity contribution is -0.0795. The molecule has 0 radical (unpaired) electrons. The predicted molar refractivity (Wildman–Crippen MR) is 98.2 cm³/mol. The molecule has 4 heteroatoms. The molecule has 4 nitrogen and oxygen atoms in total. The number of para-hydroxylation sites is 1. The van der Waals surface area contributed by atoms with Gasteiger partial charge in [-0.2, -0.15) is 0 Å². The van der Waals surface area contributed by atoms with Gasteiger partial charge in [-0.05, 0) is 62.3 Å². The van der Waals surface area contributed by atoms with Crippen LogP contribution in [0, 0.1) is 0 Å². The summed E-state index contributed by atoms with van der Waals surface area (Å²) in [6.45, 7) is 2.12. The van der Waals surface area contributed by atoms with Crippen LogP contribution < -0.4 is 9.64 Å². The van der Waals surface area contributed by atoms with Crippen molar-refractivity contribution in [3.63, 3.8) is 0 Å². The maximum atomic E-state index is 10.3. The normalized spacial score (nSPS) is 20.9. The van der Waals surface area contributed by atoms with Gasteiger partial charge in [0, 0.05) is 24.4 Å². The number of hydrogen-bond donors (Lipinski definition) is 1. The molecule has 1 heterocycles. The van der Waals surface area contributed by atoms with Crippen LogP contribution >= 0.6 is 0 Å². The third-order valence-electron chi connectivity index (χ3n) is 5.26. The van der Waals surface area contributed by atoms with Crippen molar-refractivity contribution in [2.24, 2.45) is 0 Å². The van der Waals surface area contributed by atoms with E-state index in [-0.39, 0.29) is 6.04 Å². The lowest BCUT2D eigenvalue weighted by Crippen LogP contribution is -2.46. The van der Waals surface area contributed by atoms with Crippen LogP contribution in [0.5, 0.6) is 11.5 Å². The molecule has 2 atom stereocenters. The minimum Gasteiger partial charge on any atom is -0.457 e. The van der Waals surface area contributed by atoms with Gasteiger partial charge in [-0.1, -0.05) is 24.3 Å². The van der Waals surface area contributed by atoms with Gasteiger partial charge in [-0.3, -0.25) is 0 Å². The van der Waals surface area contributed by atoms with Gasteiger partial charge >= 0.3 is 0 Å². The Bertz CT molecular complexity index is 742. The Labute approximate surface area is 149 Å². The minimum absolute atomic E-state index is 0.221. The van der Waals surface area contributed by atoms with E-state index in [0.717, 1.165) is 30.0 Å². The third-order valence-corrected chi connectivity index (χ3v) is 5.26. The Kier molecular flexibility index (Phi) is 4.40. The van der Waals surface area contributed by atoms with Gasteiger partial charge in [0.15, 0.2) is 0 Å². The molecule has 0 bridgehead atoms. The smallest absolute Gasteiger partial charge is 0.237 e. The van der Waals surface area contributed by atoms with E-state index in [2.05, 4.69) is 19.1 Å². The van der Waals surface area contributed by atoms with Gasteiger partial charge in [-0.25, -0.2) is 0 Å². The number of anilines is 1. The first-order valence-electron chi connectivity index (χ1n) is 9.07. The molecule has 25 heavy (non-hydrogen) atoms. The largest absolute Gasteiger partial charge is 0.457 e. The third kappa shape index (κ3) is 3.12. The van der Waals surface area contributed by atoms with Gasteiger partial charge in [0.25, 0.3) is 0 Å². The fraction of sp³-hybridized carbons (Fsp3) is 0.429. The highest BCUT2D eigenvalue weighted by atomic mass is 16.6. The van der Waals surface area contributed by atoms with Crippen LogP contribution in [0.2, 0.25) is 0 Å². The van der Waals surface area contributed by atoms with Crippen molar-refractivity contribution in [1.82, 2.24) is 0 Å². The Morgan fingerprint density at radius 3 is 2.52 bits per heavy atom. The molecule has 1 saturated carbocycles. The van der Waals surface area contributed by atoms with E-state index in [1.54, 1.807) is 0 Å². The summed E-state index contributed by atoms with van der Waals surface area (Å²) in [6, 6.07) is 14.5. The molecule has 1 aliphatic heterocycles. The topological polar surface area (TPSA) is 41.9 Å². The molecule has 1 fully saturated rings. The molecule has 1 unspecified atom stereocenters. The van der Waals surface area contributed by atoms with Crippen LogP contribution in [-0.2, 0) is 11.2 Å². The molecule has 0 aromatic heterocycles. The van der Waals surface area contributed by atoms with Crippen LogP contribution in [0.15, 0.2) is 42.5 Å². The zero-order valence-electron chi connectivity index (χ0n) is 14.8. The maximum absolute atomic E-state index is 10.3.